The second kappa shape index (κ2) is 3.35. The molecule has 0 aliphatic rings. The van der Waals surface area contributed by atoms with E-state index in [2.05, 4.69) is 4.76 Å². The zero-order chi connectivity index (χ0) is 9.90. The normalized spacial score (nSPS) is 10.6. The molecule has 0 aromatic carbocycles. The lowest BCUT2D eigenvalue weighted by Crippen LogP contribution is -2.52. The topological polar surface area (TPSA) is 36.9 Å². The maximum atomic E-state index is 11.7. The van der Waals surface area contributed by atoms with Gasteiger partial charge in [0.15, 0.2) is 0 Å². The van der Waals surface area contributed by atoms with E-state index in [1.165, 1.54) is 12.1 Å². The first kappa shape index (κ1) is 9.38. The Morgan fingerprint density at radius 3 is 2.23 bits per heavy atom. The Bertz CT molecular complexity index is 329. The minimum absolute atomic E-state index is 0.273. The van der Waals surface area contributed by atoms with Gasteiger partial charge in [-0.25, -0.2) is 0 Å². The second-order valence-corrected chi connectivity index (χ2v) is 2.18. The van der Waals surface area contributed by atoms with Gasteiger partial charge in [0.2, 0.25) is 12.4 Å². The molecule has 0 spiro atoms. The molecule has 0 radical (unpaired) electrons. The van der Waals surface area contributed by atoms with Crippen LogP contribution < -0.4 is 9.49 Å². The van der Waals surface area contributed by atoms with Crippen LogP contribution >= 0.6 is 0 Å². The van der Waals surface area contributed by atoms with E-state index < -0.39 is 7.18 Å². The quantitative estimate of drug-likeness (QED) is 0.503. The van der Waals surface area contributed by atoms with Crippen molar-refractivity contribution in [3.05, 3.63) is 30.1 Å². The molecule has 0 unspecified atom stereocenters. The Kier molecular flexibility index (Phi) is 2.42. The number of aromatic nitrogens is 1. The first-order chi connectivity index (χ1) is 6.01. The molecule has 1 rings (SSSR count). The summed E-state index contributed by atoms with van der Waals surface area (Å²) < 4.78 is 39.1. The molecular formula is C6H4BF3N2O. The van der Waals surface area contributed by atoms with Crippen LogP contribution in [-0.4, -0.2) is 7.18 Å². The SMILES string of the molecule is N#Cc1cc[n+](O[B-](F)(F)F)cc1. The molecule has 7 heteroatoms. The Morgan fingerprint density at radius 1 is 1.31 bits per heavy atom. The Morgan fingerprint density at radius 2 is 1.85 bits per heavy atom. The Balaban J connectivity index is 2.77. The summed E-state index contributed by atoms with van der Waals surface area (Å²) in [6.07, 6.45) is 2.04. The van der Waals surface area contributed by atoms with Crippen molar-refractivity contribution in [1.82, 2.24) is 0 Å². The van der Waals surface area contributed by atoms with Crippen molar-refractivity contribution in [3.8, 4) is 6.07 Å². The summed E-state index contributed by atoms with van der Waals surface area (Å²) in [6.45, 7) is 0. The Hall–Kier alpha value is -1.71. The number of hydrogen-bond acceptors (Lipinski definition) is 2. The molecule has 0 saturated heterocycles. The predicted molar refractivity (Wildman–Crippen MR) is 37.0 cm³/mol. The highest BCUT2D eigenvalue weighted by Gasteiger charge is 2.33. The Labute approximate surface area is 72.0 Å². The average molecular weight is 188 g/mol. The highest BCUT2D eigenvalue weighted by Crippen LogP contribution is 2.02. The van der Waals surface area contributed by atoms with Gasteiger partial charge in [-0.2, -0.15) is 5.26 Å². The van der Waals surface area contributed by atoms with E-state index in [4.69, 9.17) is 5.26 Å². The summed E-state index contributed by atoms with van der Waals surface area (Å²) in [4.78, 5) is 0. The number of pyridine rings is 1. The largest absolute Gasteiger partial charge is 0.752 e. The van der Waals surface area contributed by atoms with E-state index in [1.807, 2.05) is 0 Å². The minimum Gasteiger partial charge on any atom is -0.407 e. The smallest absolute Gasteiger partial charge is 0.407 e. The van der Waals surface area contributed by atoms with Crippen molar-refractivity contribution in [2.24, 2.45) is 0 Å². The second-order valence-electron chi connectivity index (χ2n) is 2.18. The average Bonchev–Trinajstić information content (AvgIpc) is 2.03. The fourth-order valence-corrected chi connectivity index (χ4v) is 0.696. The monoisotopic (exact) mass is 188 g/mol. The molecule has 13 heavy (non-hydrogen) atoms. The van der Waals surface area contributed by atoms with Crippen LogP contribution in [0.5, 0.6) is 0 Å². The van der Waals surface area contributed by atoms with Gasteiger partial charge in [-0.1, -0.05) is 0 Å². The van der Waals surface area contributed by atoms with Crippen molar-refractivity contribution in [3.63, 3.8) is 0 Å². The first-order valence-electron chi connectivity index (χ1n) is 3.31. The highest BCUT2D eigenvalue weighted by molar-refractivity contribution is 6.50. The van der Waals surface area contributed by atoms with Gasteiger partial charge in [-0.3, -0.25) is 0 Å². The zero-order valence-corrected chi connectivity index (χ0v) is 6.32. The number of nitrogens with zero attached hydrogens (tertiary/aromatic N) is 2. The lowest BCUT2D eigenvalue weighted by atomic mass is 10.3. The molecule has 3 nitrogen and oxygen atoms in total. The molecule has 0 amide bonds. The van der Waals surface area contributed by atoms with E-state index in [0.717, 1.165) is 12.4 Å². The van der Waals surface area contributed by atoms with Gasteiger partial charge in [0.05, 0.1) is 11.6 Å². The maximum Gasteiger partial charge on any atom is 0.752 e. The molecule has 0 aliphatic carbocycles. The van der Waals surface area contributed by atoms with Crippen LogP contribution in [0.25, 0.3) is 0 Å². The predicted octanol–water partition coefficient (Wildman–Crippen LogP) is 0.618. The van der Waals surface area contributed by atoms with Gasteiger partial charge in [0, 0.05) is 12.1 Å². The summed E-state index contributed by atoms with van der Waals surface area (Å²) in [6, 6.07) is 4.22. The van der Waals surface area contributed by atoms with E-state index in [9.17, 15) is 12.9 Å². The third-order valence-corrected chi connectivity index (χ3v) is 1.17. The summed E-state index contributed by atoms with van der Waals surface area (Å²) in [5.74, 6) is 0. The third kappa shape index (κ3) is 3.03. The van der Waals surface area contributed by atoms with Gasteiger partial charge < -0.3 is 17.7 Å². The van der Waals surface area contributed by atoms with Crippen molar-refractivity contribution in [1.29, 1.82) is 5.26 Å². The fourth-order valence-electron chi connectivity index (χ4n) is 0.696. The van der Waals surface area contributed by atoms with Crippen LogP contribution in [0.15, 0.2) is 24.5 Å². The van der Waals surface area contributed by atoms with Crippen LogP contribution in [0, 0.1) is 11.3 Å². The van der Waals surface area contributed by atoms with Crippen molar-refractivity contribution in [2.75, 3.05) is 0 Å². The number of hydrogen-bond donors (Lipinski definition) is 0. The maximum absolute atomic E-state index is 11.7. The van der Waals surface area contributed by atoms with Gasteiger partial charge in [0.1, 0.15) is 0 Å². The lowest BCUT2D eigenvalue weighted by molar-refractivity contribution is -0.868. The molecule has 1 aromatic rings. The number of nitriles is 1. The van der Waals surface area contributed by atoms with E-state index in [0.29, 0.717) is 4.73 Å². The molecule has 0 atom stereocenters. The summed E-state index contributed by atoms with van der Waals surface area (Å²) in [7, 11) is -5.32. The molecule has 0 bridgehead atoms. The molecule has 0 aliphatic heterocycles. The minimum atomic E-state index is -5.32. The van der Waals surface area contributed by atoms with Gasteiger partial charge >= 0.3 is 7.18 Å². The van der Waals surface area contributed by atoms with E-state index in [1.54, 1.807) is 6.07 Å². The standard InChI is InChI=1S/C6H4BF3N2O/c8-7(9,10)13-12-3-1-6(5-11)2-4-12/h1-4H. The van der Waals surface area contributed by atoms with Crippen molar-refractivity contribution in [2.45, 2.75) is 0 Å². The molecule has 0 saturated carbocycles. The van der Waals surface area contributed by atoms with Crippen LogP contribution in [0.2, 0.25) is 0 Å². The molecule has 1 aromatic heterocycles. The van der Waals surface area contributed by atoms with E-state index in [-0.39, 0.29) is 5.56 Å². The summed E-state index contributed by atoms with van der Waals surface area (Å²) in [5, 5.41) is 8.34. The van der Waals surface area contributed by atoms with Gasteiger partial charge in [0.25, 0.3) is 0 Å². The fraction of sp³-hybridized carbons (Fsp3) is 0. The lowest BCUT2D eigenvalue weighted by Gasteiger charge is -2.09. The molecule has 68 valence electrons. The first-order valence-corrected chi connectivity index (χ1v) is 3.31. The van der Waals surface area contributed by atoms with Crippen LogP contribution in [-0.2, 0) is 0 Å². The molecular weight excluding hydrogens is 184 g/mol. The van der Waals surface area contributed by atoms with Crippen molar-refractivity contribution < 1.29 is 22.4 Å². The van der Waals surface area contributed by atoms with Gasteiger partial charge in [-0.15, -0.1) is 0 Å². The van der Waals surface area contributed by atoms with Crippen LogP contribution in [0.1, 0.15) is 5.56 Å². The van der Waals surface area contributed by atoms with Gasteiger partial charge in [-0.05, 0) is 4.73 Å². The highest BCUT2D eigenvalue weighted by atomic mass is 19.4. The number of halogens is 3. The third-order valence-electron chi connectivity index (χ3n) is 1.17. The van der Waals surface area contributed by atoms with E-state index >= 15 is 0 Å². The molecule has 0 N–H and O–H groups in total. The van der Waals surface area contributed by atoms with Crippen LogP contribution in [0.3, 0.4) is 0 Å². The summed E-state index contributed by atoms with van der Waals surface area (Å²) in [5.41, 5.74) is 0.273. The summed E-state index contributed by atoms with van der Waals surface area (Å²) >= 11 is 0. The molecule has 0 fully saturated rings. The zero-order valence-electron chi connectivity index (χ0n) is 6.32. The molecule has 1 heterocycles. The van der Waals surface area contributed by atoms with Crippen LogP contribution in [0.4, 0.5) is 12.9 Å². The van der Waals surface area contributed by atoms with Crippen molar-refractivity contribution >= 4 is 7.18 Å². The number of rotatable bonds is 2.